The molecule has 1 aromatic heterocycles. The van der Waals surface area contributed by atoms with E-state index < -0.39 is 49.1 Å². The molecule has 1 aliphatic rings. The molecule has 0 N–H and O–H groups in total. The molecular weight excluding hydrogens is 591 g/mol. The van der Waals surface area contributed by atoms with Gasteiger partial charge in [-0.05, 0) is 79.6 Å². The molecule has 8 nitrogen and oxygen atoms in total. The van der Waals surface area contributed by atoms with E-state index in [0.717, 1.165) is 35.3 Å². The van der Waals surface area contributed by atoms with Crippen molar-refractivity contribution in [1.82, 2.24) is 15.0 Å². The van der Waals surface area contributed by atoms with Gasteiger partial charge in [-0.15, -0.1) is 5.10 Å². The Morgan fingerprint density at radius 1 is 1.05 bits per heavy atom. The fourth-order valence-corrected chi connectivity index (χ4v) is 6.14. The highest BCUT2D eigenvalue weighted by Crippen LogP contribution is 2.41. The summed E-state index contributed by atoms with van der Waals surface area (Å²) in [6.45, 7) is 11.4. The number of rotatable bonds is 12. The molecule has 0 bridgehead atoms. The summed E-state index contributed by atoms with van der Waals surface area (Å²) in [6.07, 6.45) is -2.91. The Morgan fingerprint density at radius 2 is 1.75 bits per heavy atom. The summed E-state index contributed by atoms with van der Waals surface area (Å²) < 4.78 is 52.4. The topological polar surface area (TPSA) is 100 Å². The summed E-state index contributed by atoms with van der Waals surface area (Å²) in [5.41, 5.74) is -1.23. The van der Waals surface area contributed by atoms with Gasteiger partial charge >= 0.3 is 12.1 Å². The van der Waals surface area contributed by atoms with E-state index in [1.807, 2.05) is 0 Å². The standard InChI is InChI=1S/C32H40F3N3O5Si/c1-20(2)14-15-42-24-10-6-21(7-11-24)29(39)25-12-8-22(28(25)31(41)43-16-17-44(3,4)5)19-38-30(40)26-18-23(32(33,34)35)9-13-27(26)36-37-38/h6-7,9-11,13,18,20,22,25,28H,8,12,14-17,19H2,1-5H3. The average molecular weight is 632 g/mol. The highest BCUT2D eigenvalue weighted by molar-refractivity contribution is 6.76. The van der Waals surface area contributed by atoms with Crippen LogP contribution < -0.4 is 10.3 Å². The van der Waals surface area contributed by atoms with E-state index in [-0.39, 0.29) is 29.8 Å². The lowest BCUT2D eigenvalue weighted by Gasteiger charge is -2.24. The predicted molar refractivity (Wildman–Crippen MR) is 163 cm³/mol. The Kier molecular flexibility index (Phi) is 10.3. The first-order valence-electron chi connectivity index (χ1n) is 15.0. The van der Waals surface area contributed by atoms with Crippen molar-refractivity contribution >= 4 is 30.7 Å². The van der Waals surface area contributed by atoms with Crippen LogP contribution in [0.25, 0.3) is 10.9 Å². The molecule has 12 heteroatoms. The second-order valence-corrected chi connectivity index (χ2v) is 18.8. The van der Waals surface area contributed by atoms with Crippen molar-refractivity contribution in [2.24, 2.45) is 23.7 Å². The van der Waals surface area contributed by atoms with Crippen molar-refractivity contribution in [3.05, 3.63) is 63.9 Å². The van der Waals surface area contributed by atoms with Crippen LogP contribution in [0.5, 0.6) is 5.75 Å². The van der Waals surface area contributed by atoms with Crippen LogP contribution in [-0.4, -0.2) is 48.0 Å². The van der Waals surface area contributed by atoms with Crippen LogP contribution in [-0.2, 0) is 22.3 Å². The number of aromatic nitrogens is 3. The predicted octanol–water partition coefficient (Wildman–Crippen LogP) is 6.64. The fraction of sp³-hybridized carbons (Fsp3) is 0.531. The number of hydrogen-bond donors (Lipinski definition) is 0. The Bertz CT molecular complexity index is 1530. The number of ketones is 1. The lowest BCUT2D eigenvalue weighted by Crippen LogP contribution is -2.36. The minimum Gasteiger partial charge on any atom is -0.494 e. The summed E-state index contributed by atoms with van der Waals surface area (Å²) in [5, 5.41) is 7.68. The maximum absolute atomic E-state index is 13.7. The highest BCUT2D eigenvalue weighted by Gasteiger charge is 2.46. The zero-order chi connectivity index (χ0) is 32.2. The van der Waals surface area contributed by atoms with Crippen LogP contribution in [0.15, 0.2) is 47.3 Å². The van der Waals surface area contributed by atoms with Gasteiger partial charge in [0.1, 0.15) is 11.3 Å². The van der Waals surface area contributed by atoms with Crippen LogP contribution in [0.1, 0.15) is 49.0 Å². The van der Waals surface area contributed by atoms with Gasteiger partial charge in [0.15, 0.2) is 5.78 Å². The summed E-state index contributed by atoms with van der Waals surface area (Å²) in [7, 11) is -1.51. The van der Waals surface area contributed by atoms with E-state index >= 15 is 0 Å². The first-order valence-corrected chi connectivity index (χ1v) is 18.7. The van der Waals surface area contributed by atoms with Crippen LogP contribution in [0, 0.1) is 23.7 Å². The first-order chi connectivity index (χ1) is 20.6. The van der Waals surface area contributed by atoms with Crippen molar-refractivity contribution < 1.29 is 32.2 Å². The van der Waals surface area contributed by atoms with Gasteiger partial charge in [-0.3, -0.25) is 14.4 Å². The van der Waals surface area contributed by atoms with E-state index in [9.17, 15) is 27.6 Å². The van der Waals surface area contributed by atoms with Crippen molar-refractivity contribution in [1.29, 1.82) is 0 Å². The lowest BCUT2D eigenvalue weighted by atomic mass is 9.84. The molecular formula is C32H40F3N3O5Si. The SMILES string of the molecule is CC(C)CCOc1ccc(C(=O)C2CCC(Cn3nnc4ccc(C(F)(F)F)cc4c3=O)C2C(=O)OCC[Si](C)(C)C)cc1. The molecule has 0 radical (unpaired) electrons. The molecule has 0 saturated heterocycles. The summed E-state index contributed by atoms with van der Waals surface area (Å²) in [5.74, 6) is -1.61. The molecule has 3 aromatic rings. The number of carbonyl (C=O) groups excluding carboxylic acids is 2. The normalized spacial score (nSPS) is 19.0. The van der Waals surface area contributed by atoms with Gasteiger partial charge in [0.2, 0.25) is 0 Å². The summed E-state index contributed by atoms with van der Waals surface area (Å²) >= 11 is 0. The molecule has 0 aliphatic heterocycles. The minimum absolute atomic E-state index is 0.0395. The van der Waals surface area contributed by atoms with Crippen LogP contribution >= 0.6 is 0 Å². The van der Waals surface area contributed by atoms with E-state index in [2.05, 4.69) is 43.8 Å². The van der Waals surface area contributed by atoms with Gasteiger partial charge in [0.05, 0.1) is 36.6 Å². The zero-order valence-corrected chi connectivity index (χ0v) is 26.8. The van der Waals surface area contributed by atoms with Gasteiger partial charge < -0.3 is 9.47 Å². The second-order valence-electron chi connectivity index (χ2n) is 13.2. The maximum atomic E-state index is 13.7. The van der Waals surface area contributed by atoms with E-state index in [1.54, 1.807) is 24.3 Å². The second kappa shape index (κ2) is 13.6. The Balaban J connectivity index is 1.58. The number of Topliss-reactive ketones (excluding diaryl/α,β-unsaturated/α-hetero) is 1. The third-order valence-electron chi connectivity index (χ3n) is 8.05. The Morgan fingerprint density at radius 3 is 2.39 bits per heavy atom. The molecule has 3 unspecified atom stereocenters. The number of ether oxygens (including phenoxy) is 2. The van der Waals surface area contributed by atoms with Crippen LogP contribution in [0.2, 0.25) is 25.7 Å². The number of fused-ring (bicyclic) bond motifs is 1. The molecule has 4 rings (SSSR count). The van der Waals surface area contributed by atoms with Gasteiger partial charge in [-0.1, -0.05) is 38.7 Å². The van der Waals surface area contributed by atoms with E-state index in [4.69, 9.17) is 9.47 Å². The number of esters is 1. The summed E-state index contributed by atoms with van der Waals surface area (Å²) in [4.78, 5) is 40.5. The van der Waals surface area contributed by atoms with Gasteiger partial charge in [0.25, 0.3) is 5.56 Å². The minimum atomic E-state index is -4.63. The Hall–Kier alpha value is -3.54. The molecule has 1 heterocycles. The van der Waals surface area contributed by atoms with Crippen LogP contribution in [0.3, 0.4) is 0 Å². The monoisotopic (exact) mass is 631 g/mol. The Labute approximate surface area is 255 Å². The number of alkyl halides is 3. The third-order valence-corrected chi connectivity index (χ3v) is 9.76. The van der Waals surface area contributed by atoms with Gasteiger partial charge in [-0.25, -0.2) is 4.68 Å². The molecule has 0 spiro atoms. The lowest BCUT2D eigenvalue weighted by molar-refractivity contribution is -0.150. The maximum Gasteiger partial charge on any atom is 0.416 e. The molecule has 0 amide bonds. The van der Waals surface area contributed by atoms with Gasteiger partial charge in [-0.2, -0.15) is 13.2 Å². The smallest absolute Gasteiger partial charge is 0.416 e. The number of nitrogens with zero attached hydrogens (tertiary/aromatic N) is 3. The van der Waals surface area contributed by atoms with E-state index in [1.165, 1.54) is 0 Å². The number of hydrogen-bond acceptors (Lipinski definition) is 7. The molecule has 1 saturated carbocycles. The molecule has 3 atom stereocenters. The largest absolute Gasteiger partial charge is 0.494 e. The highest BCUT2D eigenvalue weighted by atomic mass is 28.3. The zero-order valence-electron chi connectivity index (χ0n) is 25.8. The van der Waals surface area contributed by atoms with Crippen molar-refractivity contribution in [3.8, 4) is 5.75 Å². The fourth-order valence-electron chi connectivity index (χ4n) is 5.43. The average Bonchev–Trinajstić information content (AvgIpc) is 3.36. The number of carbonyl (C=O) groups is 2. The summed E-state index contributed by atoms with van der Waals surface area (Å²) in [6, 6.07) is 10.3. The van der Waals surface area contributed by atoms with Crippen molar-refractivity contribution in [2.75, 3.05) is 13.2 Å². The molecule has 2 aromatic carbocycles. The molecule has 238 valence electrons. The van der Waals surface area contributed by atoms with Crippen LogP contribution in [0.4, 0.5) is 13.2 Å². The number of halogens is 3. The molecule has 44 heavy (non-hydrogen) atoms. The third kappa shape index (κ3) is 8.34. The molecule has 1 aliphatic carbocycles. The van der Waals surface area contributed by atoms with Crippen molar-refractivity contribution in [3.63, 3.8) is 0 Å². The van der Waals surface area contributed by atoms with Crippen molar-refractivity contribution in [2.45, 2.75) is 71.5 Å². The van der Waals surface area contributed by atoms with Gasteiger partial charge in [0, 0.05) is 19.6 Å². The number of benzene rings is 2. The molecule has 1 fully saturated rings. The quantitative estimate of drug-likeness (QED) is 0.125. The first kappa shape index (κ1) is 33.4. The van der Waals surface area contributed by atoms with E-state index in [0.29, 0.717) is 36.7 Å².